The average Bonchev–Trinajstić information content (AvgIpc) is 3.09. The fourth-order valence-corrected chi connectivity index (χ4v) is 2.24. The number of aromatic nitrogens is 2. The maximum absolute atomic E-state index is 5.87. The van der Waals surface area contributed by atoms with Crippen LogP contribution in [0, 0.1) is 0 Å². The van der Waals surface area contributed by atoms with Crippen molar-refractivity contribution in [3.63, 3.8) is 0 Å². The van der Waals surface area contributed by atoms with E-state index < -0.39 is 0 Å². The first kappa shape index (κ1) is 16.1. The highest BCUT2D eigenvalue weighted by Gasteiger charge is 2.14. The quantitative estimate of drug-likeness (QED) is 0.672. The molecule has 0 aliphatic carbocycles. The van der Waals surface area contributed by atoms with Crippen LogP contribution in [0.25, 0.3) is 11.5 Å². The van der Waals surface area contributed by atoms with E-state index in [4.69, 9.17) is 30.2 Å². The molecule has 0 unspecified atom stereocenters. The SMILES string of the molecule is COc1cccc(OC)c1OCc1nnc(-c2ccc(Cl)cc2)o1. The Balaban J connectivity index is 1.75. The van der Waals surface area contributed by atoms with Crippen molar-refractivity contribution < 1.29 is 18.6 Å². The third-order valence-corrected chi connectivity index (χ3v) is 3.53. The summed E-state index contributed by atoms with van der Waals surface area (Å²) in [5.74, 6) is 2.34. The Morgan fingerprint density at radius 1 is 0.958 bits per heavy atom. The molecule has 0 aliphatic rings. The second-order valence-electron chi connectivity index (χ2n) is 4.79. The van der Waals surface area contributed by atoms with E-state index in [1.807, 2.05) is 18.2 Å². The summed E-state index contributed by atoms with van der Waals surface area (Å²) in [7, 11) is 3.12. The normalized spacial score (nSPS) is 10.5. The molecule has 1 aromatic heterocycles. The molecule has 3 aromatic rings. The molecule has 124 valence electrons. The highest BCUT2D eigenvalue weighted by molar-refractivity contribution is 6.30. The maximum Gasteiger partial charge on any atom is 0.254 e. The Bertz CT molecular complexity index is 795. The maximum atomic E-state index is 5.87. The van der Waals surface area contributed by atoms with Crippen LogP contribution in [-0.2, 0) is 6.61 Å². The largest absolute Gasteiger partial charge is 0.493 e. The first-order valence-electron chi connectivity index (χ1n) is 7.13. The lowest BCUT2D eigenvalue weighted by atomic mass is 10.2. The topological polar surface area (TPSA) is 66.6 Å². The Hall–Kier alpha value is -2.73. The Labute approximate surface area is 143 Å². The first-order valence-corrected chi connectivity index (χ1v) is 7.51. The summed E-state index contributed by atoms with van der Waals surface area (Å²) in [6.07, 6.45) is 0. The van der Waals surface area contributed by atoms with Crippen LogP contribution in [0.5, 0.6) is 17.2 Å². The van der Waals surface area contributed by atoms with Crippen molar-refractivity contribution in [3.8, 4) is 28.7 Å². The zero-order chi connectivity index (χ0) is 16.9. The van der Waals surface area contributed by atoms with Gasteiger partial charge in [0.25, 0.3) is 5.89 Å². The van der Waals surface area contributed by atoms with Crippen LogP contribution in [0.1, 0.15) is 5.89 Å². The third-order valence-electron chi connectivity index (χ3n) is 3.28. The smallest absolute Gasteiger partial charge is 0.254 e. The molecular formula is C17H15ClN2O4. The highest BCUT2D eigenvalue weighted by Crippen LogP contribution is 2.37. The summed E-state index contributed by atoms with van der Waals surface area (Å²) < 4.78 is 21.9. The second kappa shape index (κ2) is 7.23. The molecule has 0 atom stereocenters. The highest BCUT2D eigenvalue weighted by atomic mass is 35.5. The number of hydrogen-bond acceptors (Lipinski definition) is 6. The molecule has 1 heterocycles. The van der Waals surface area contributed by atoms with Gasteiger partial charge in [0, 0.05) is 10.6 Å². The van der Waals surface area contributed by atoms with Gasteiger partial charge in [-0.05, 0) is 36.4 Å². The molecule has 0 fully saturated rings. The van der Waals surface area contributed by atoms with Crippen LogP contribution in [-0.4, -0.2) is 24.4 Å². The van der Waals surface area contributed by atoms with Crippen molar-refractivity contribution in [2.45, 2.75) is 6.61 Å². The summed E-state index contributed by atoms with van der Waals surface area (Å²) >= 11 is 5.87. The van der Waals surface area contributed by atoms with Gasteiger partial charge >= 0.3 is 0 Å². The average molecular weight is 347 g/mol. The molecule has 0 N–H and O–H groups in total. The molecule has 0 saturated carbocycles. The monoisotopic (exact) mass is 346 g/mol. The number of para-hydroxylation sites is 1. The van der Waals surface area contributed by atoms with Crippen LogP contribution >= 0.6 is 11.6 Å². The molecule has 0 spiro atoms. The fraction of sp³-hybridized carbons (Fsp3) is 0.176. The van der Waals surface area contributed by atoms with E-state index in [1.165, 1.54) is 0 Å². The zero-order valence-corrected chi connectivity index (χ0v) is 13.9. The zero-order valence-electron chi connectivity index (χ0n) is 13.2. The van der Waals surface area contributed by atoms with Crippen molar-refractivity contribution in [1.82, 2.24) is 10.2 Å². The molecule has 0 saturated heterocycles. The molecule has 2 aromatic carbocycles. The standard InChI is InChI=1S/C17H15ClN2O4/c1-21-13-4-3-5-14(22-2)16(13)23-10-15-19-20-17(24-15)11-6-8-12(18)9-7-11/h3-9H,10H2,1-2H3. The number of methoxy groups -OCH3 is 2. The van der Waals surface area contributed by atoms with Crippen LogP contribution in [0.3, 0.4) is 0 Å². The number of ether oxygens (including phenoxy) is 3. The van der Waals surface area contributed by atoms with Gasteiger partial charge in [-0.2, -0.15) is 0 Å². The van der Waals surface area contributed by atoms with Gasteiger partial charge < -0.3 is 18.6 Å². The van der Waals surface area contributed by atoms with Gasteiger partial charge in [-0.1, -0.05) is 17.7 Å². The fourth-order valence-electron chi connectivity index (χ4n) is 2.11. The third kappa shape index (κ3) is 3.44. The molecule has 0 bridgehead atoms. The summed E-state index contributed by atoms with van der Waals surface area (Å²) in [4.78, 5) is 0. The van der Waals surface area contributed by atoms with Gasteiger partial charge in [-0.25, -0.2) is 0 Å². The van der Waals surface area contributed by atoms with Crippen LogP contribution in [0.2, 0.25) is 5.02 Å². The number of nitrogens with zero attached hydrogens (tertiary/aromatic N) is 2. The van der Waals surface area contributed by atoms with E-state index in [9.17, 15) is 0 Å². The number of halogens is 1. The molecule has 0 amide bonds. The lowest BCUT2D eigenvalue weighted by molar-refractivity contribution is 0.238. The minimum atomic E-state index is 0.0946. The van der Waals surface area contributed by atoms with Gasteiger partial charge in [0.05, 0.1) is 14.2 Å². The predicted octanol–water partition coefficient (Wildman–Crippen LogP) is 3.99. The predicted molar refractivity (Wildman–Crippen MR) is 88.6 cm³/mol. The second-order valence-corrected chi connectivity index (χ2v) is 5.22. The summed E-state index contributed by atoms with van der Waals surface area (Å²) in [5, 5.41) is 8.64. The van der Waals surface area contributed by atoms with E-state index in [2.05, 4.69) is 10.2 Å². The Kier molecular flexibility index (Phi) is 4.86. The van der Waals surface area contributed by atoms with Crippen molar-refractivity contribution in [2.75, 3.05) is 14.2 Å². The van der Waals surface area contributed by atoms with E-state index in [1.54, 1.807) is 38.5 Å². The molecule has 0 radical (unpaired) electrons. The van der Waals surface area contributed by atoms with E-state index in [0.29, 0.717) is 34.1 Å². The van der Waals surface area contributed by atoms with E-state index >= 15 is 0 Å². The van der Waals surface area contributed by atoms with Crippen molar-refractivity contribution in [1.29, 1.82) is 0 Å². The Morgan fingerprint density at radius 3 is 2.25 bits per heavy atom. The molecule has 6 nitrogen and oxygen atoms in total. The van der Waals surface area contributed by atoms with Gasteiger partial charge in [-0.15, -0.1) is 10.2 Å². The van der Waals surface area contributed by atoms with Crippen molar-refractivity contribution in [2.24, 2.45) is 0 Å². The first-order chi connectivity index (χ1) is 11.7. The van der Waals surface area contributed by atoms with Crippen LogP contribution in [0.4, 0.5) is 0 Å². The van der Waals surface area contributed by atoms with Crippen LogP contribution < -0.4 is 14.2 Å². The minimum Gasteiger partial charge on any atom is -0.493 e. The van der Waals surface area contributed by atoms with Crippen molar-refractivity contribution in [3.05, 3.63) is 53.4 Å². The molecular weight excluding hydrogens is 332 g/mol. The van der Waals surface area contributed by atoms with Gasteiger partial charge in [-0.3, -0.25) is 0 Å². The lowest BCUT2D eigenvalue weighted by Crippen LogP contribution is -2.00. The number of hydrogen-bond donors (Lipinski definition) is 0. The van der Waals surface area contributed by atoms with Gasteiger partial charge in [0.15, 0.2) is 18.1 Å². The van der Waals surface area contributed by atoms with E-state index in [0.717, 1.165) is 5.56 Å². The van der Waals surface area contributed by atoms with Crippen LogP contribution in [0.15, 0.2) is 46.9 Å². The van der Waals surface area contributed by atoms with Gasteiger partial charge in [0.2, 0.25) is 11.6 Å². The molecule has 24 heavy (non-hydrogen) atoms. The van der Waals surface area contributed by atoms with Gasteiger partial charge in [0.1, 0.15) is 0 Å². The molecule has 3 rings (SSSR count). The van der Waals surface area contributed by atoms with E-state index in [-0.39, 0.29) is 6.61 Å². The number of rotatable bonds is 6. The molecule has 7 heteroatoms. The summed E-state index contributed by atoms with van der Waals surface area (Å²) in [6, 6.07) is 12.5. The van der Waals surface area contributed by atoms with Crippen molar-refractivity contribution >= 4 is 11.6 Å². The summed E-state index contributed by atoms with van der Waals surface area (Å²) in [6.45, 7) is 0.0946. The number of benzene rings is 2. The minimum absolute atomic E-state index is 0.0946. The summed E-state index contributed by atoms with van der Waals surface area (Å²) in [5.41, 5.74) is 0.785. The lowest BCUT2D eigenvalue weighted by Gasteiger charge is -2.12. The Morgan fingerprint density at radius 2 is 1.62 bits per heavy atom. The molecule has 0 aliphatic heterocycles.